The highest BCUT2D eigenvalue weighted by Crippen LogP contribution is 2.42. The summed E-state index contributed by atoms with van der Waals surface area (Å²) in [7, 11) is 1.53. The van der Waals surface area contributed by atoms with E-state index in [-0.39, 0.29) is 11.3 Å². The lowest BCUT2D eigenvalue weighted by atomic mass is 9.93. The summed E-state index contributed by atoms with van der Waals surface area (Å²) >= 11 is 1.52. The summed E-state index contributed by atoms with van der Waals surface area (Å²) in [6.07, 6.45) is 0. The lowest BCUT2D eigenvalue weighted by molar-refractivity contribution is -0.140. The number of aliphatic hydroxyl groups is 1. The average Bonchev–Trinajstić information content (AvgIpc) is 3.36. The first-order valence-electron chi connectivity index (χ1n) is 9.93. The fourth-order valence-corrected chi connectivity index (χ4v) is 4.84. The van der Waals surface area contributed by atoms with E-state index in [4.69, 9.17) is 4.74 Å². The predicted molar refractivity (Wildman–Crippen MR) is 121 cm³/mol. The number of amides is 1. The van der Waals surface area contributed by atoms with Gasteiger partial charge in [0, 0.05) is 4.88 Å². The van der Waals surface area contributed by atoms with Crippen molar-refractivity contribution in [2.45, 2.75) is 26.4 Å². The van der Waals surface area contributed by atoms with E-state index in [0.29, 0.717) is 17.9 Å². The Labute approximate surface area is 185 Å². The Kier molecular flexibility index (Phi) is 5.65. The van der Waals surface area contributed by atoms with Crippen LogP contribution in [0.4, 0.5) is 0 Å². The Bertz CT molecular complexity index is 1170. The number of hydrogen-bond donors (Lipinski definition) is 1. The summed E-state index contributed by atoms with van der Waals surface area (Å²) in [5, 5.41) is 13.3. The van der Waals surface area contributed by atoms with Gasteiger partial charge in [-0.25, -0.2) is 0 Å². The van der Waals surface area contributed by atoms with E-state index in [1.807, 2.05) is 67.8 Å². The maximum absolute atomic E-state index is 13.2. The lowest BCUT2D eigenvalue weighted by Gasteiger charge is -2.25. The molecule has 1 atom stereocenters. The number of hydrogen-bond acceptors (Lipinski definition) is 5. The minimum atomic E-state index is -0.691. The molecule has 3 aromatic rings. The van der Waals surface area contributed by atoms with Crippen molar-refractivity contribution in [1.29, 1.82) is 0 Å². The molecule has 0 bridgehead atoms. The Morgan fingerprint density at radius 2 is 1.84 bits per heavy atom. The van der Waals surface area contributed by atoms with Crippen LogP contribution >= 0.6 is 11.3 Å². The number of nitrogens with zero attached hydrogens (tertiary/aromatic N) is 1. The van der Waals surface area contributed by atoms with E-state index in [0.717, 1.165) is 21.6 Å². The van der Waals surface area contributed by atoms with Crippen LogP contribution in [0.2, 0.25) is 0 Å². The number of thiophene rings is 1. The normalized spacial score (nSPS) is 17.9. The molecule has 158 valence electrons. The second-order valence-electron chi connectivity index (χ2n) is 7.58. The van der Waals surface area contributed by atoms with Crippen molar-refractivity contribution in [3.8, 4) is 5.75 Å². The minimum Gasteiger partial charge on any atom is -0.507 e. The second-order valence-corrected chi connectivity index (χ2v) is 8.61. The SMILES string of the molecule is COc1c(C)cc(C)cc1/C(O)=C1\C(=O)C(=O)N(Cc2cccs2)C1c1ccccc1. The van der Waals surface area contributed by atoms with E-state index >= 15 is 0 Å². The first-order chi connectivity index (χ1) is 14.9. The zero-order chi connectivity index (χ0) is 22.1. The number of methoxy groups -OCH3 is 1. The molecule has 2 aromatic carbocycles. The highest BCUT2D eigenvalue weighted by Gasteiger charge is 2.46. The molecule has 1 aromatic heterocycles. The fraction of sp³-hybridized carbons (Fsp3) is 0.200. The second kappa shape index (κ2) is 8.40. The van der Waals surface area contributed by atoms with Crippen LogP contribution in [0.5, 0.6) is 5.75 Å². The van der Waals surface area contributed by atoms with Gasteiger partial charge in [0.25, 0.3) is 11.7 Å². The van der Waals surface area contributed by atoms with Crippen LogP contribution in [0.15, 0.2) is 65.6 Å². The maximum atomic E-state index is 13.2. The maximum Gasteiger partial charge on any atom is 0.295 e. The molecule has 1 N–H and O–H groups in total. The first kappa shape index (κ1) is 20.9. The van der Waals surface area contributed by atoms with E-state index < -0.39 is 17.7 Å². The summed E-state index contributed by atoms with van der Waals surface area (Å²) in [5.41, 5.74) is 3.02. The molecule has 0 spiro atoms. The molecule has 1 unspecified atom stereocenters. The van der Waals surface area contributed by atoms with Gasteiger partial charge in [-0.3, -0.25) is 9.59 Å². The van der Waals surface area contributed by atoms with E-state index in [9.17, 15) is 14.7 Å². The van der Waals surface area contributed by atoms with Gasteiger partial charge < -0.3 is 14.7 Å². The number of benzene rings is 2. The molecule has 4 rings (SSSR count). The molecule has 1 aliphatic rings. The van der Waals surface area contributed by atoms with Crippen molar-refractivity contribution in [2.24, 2.45) is 0 Å². The Morgan fingerprint density at radius 3 is 2.48 bits per heavy atom. The Hall–Kier alpha value is -3.38. The molecule has 2 heterocycles. The Morgan fingerprint density at radius 1 is 1.10 bits per heavy atom. The van der Waals surface area contributed by atoms with Gasteiger partial charge in [-0.05, 0) is 48.1 Å². The van der Waals surface area contributed by atoms with Gasteiger partial charge >= 0.3 is 0 Å². The topological polar surface area (TPSA) is 66.8 Å². The van der Waals surface area contributed by atoms with Crippen molar-refractivity contribution in [1.82, 2.24) is 4.90 Å². The lowest BCUT2D eigenvalue weighted by Crippen LogP contribution is -2.28. The fourth-order valence-electron chi connectivity index (χ4n) is 4.14. The smallest absolute Gasteiger partial charge is 0.295 e. The molecule has 1 aliphatic heterocycles. The van der Waals surface area contributed by atoms with Gasteiger partial charge in [0.05, 0.1) is 30.8 Å². The quantitative estimate of drug-likeness (QED) is 0.350. The molecule has 1 amide bonds. The van der Waals surface area contributed by atoms with Crippen LogP contribution in [-0.4, -0.2) is 28.8 Å². The van der Waals surface area contributed by atoms with Crippen LogP contribution in [0.25, 0.3) is 5.76 Å². The van der Waals surface area contributed by atoms with E-state index in [1.165, 1.54) is 23.3 Å². The summed E-state index contributed by atoms with van der Waals surface area (Å²) in [4.78, 5) is 28.7. The molecular formula is C25H23NO4S. The van der Waals surface area contributed by atoms with Crippen molar-refractivity contribution in [2.75, 3.05) is 7.11 Å². The summed E-state index contributed by atoms with van der Waals surface area (Å²) in [5.74, 6) is -1.04. The largest absolute Gasteiger partial charge is 0.507 e. The molecule has 0 radical (unpaired) electrons. The van der Waals surface area contributed by atoms with Crippen LogP contribution in [0.1, 0.15) is 33.2 Å². The zero-order valence-corrected chi connectivity index (χ0v) is 18.4. The van der Waals surface area contributed by atoms with E-state index in [1.54, 1.807) is 6.07 Å². The molecule has 1 fully saturated rings. The van der Waals surface area contributed by atoms with Crippen LogP contribution in [-0.2, 0) is 16.1 Å². The van der Waals surface area contributed by atoms with Gasteiger partial charge in [-0.15, -0.1) is 11.3 Å². The van der Waals surface area contributed by atoms with Crippen molar-refractivity contribution >= 4 is 28.8 Å². The van der Waals surface area contributed by atoms with Crippen molar-refractivity contribution in [3.05, 3.63) is 92.7 Å². The van der Waals surface area contributed by atoms with Gasteiger partial charge in [-0.2, -0.15) is 0 Å². The average molecular weight is 434 g/mol. The van der Waals surface area contributed by atoms with E-state index in [2.05, 4.69) is 0 Å². The van der Waals surface area contributed by atoms with Gasteiger partial charge in [0.1, 0.15) is 11.5 Å². The zero-order valence-electron chi connectivity index (χ0n) is 17.6. The summed E-state index contributed by atoms with van der Waals surface area (Å²) < 4.78 is 5.52. The van der Waals surface area contributed by atoms with Crippen LogP contribution in [0, 0.1) is 13.8 Å². The number of carbonyl (C=O) groups excluding carboxylic acids is 2. The molecule has 0 saturated carbocycles. The number of likely N-dealkylation sites (tertiary alicyclic amines) is 1. The number of rotatable bonds is 5. The molecule has 0 aliphatic carbocycles. The summed E-state index contributed by atoms with van der Waals surface area (Å²) in [6.45, 7) is 4.09. The number of ketones is 1. The molecule has 6 heteroatoms. The molecule has 31 heavy (non-hydrogen) atoms. The third-order valence-electron chi connectivity index (χ3n) is 5.44. The van der Waals surface area contributed by atoms with Crippen molar-refractivity contribution < 1.29 is 19.4 Å². The van der Waals surface area contributed by atoms with Crippen molar-refractivity contribution in [3.63, 3.8) is 0 Å². The number of Topliss-reactive ketones (excluding diaryl/α,β-unsaturated/α-hetero) is 1. The minimum absolute atomic E-state index is 0.0797. The number of aliphatic hydroxyl groups excluding tert-OH is 1. The number of carbonyl (C=O) groups is 2. The van der Waals surface area contributed by atoms with Gasteiger partial charge in [0.2, 0.25) is 0 Å². The van der Waals surface area contributed by atoms with Gasteiger partial charge in [-0.1, -0.05) is 42.5 Å². The van der Waals surface area contributed by atoms with Gasteiger partial charge in [0.15, 0.2) is 0 Å². The van der Waals surface area contributed by atoms with Crippen LogP contribution < -0.4 is 4.74 Å². The molecular weight excluding hydrogens is 410 g/mol. The monoisotopic (exact) mass is 433 g/mol. The number of aryl methyl sites for hydroxylation is 2. The highest BCUT2D eigenvalue weighted by molar-refractivity contribution is 7.09. The standard InChI is InChI=1S/C25H23NO4S/c1-15-12-16(2)24(30-3)19(13-15)22(27)20-21(17-8-5-4-6-9-17)26(25(29)23(20)28)14-18-10-7-11-31-18/h4-13,21,27H,14H2,1-3H3/b22-20+. The highest BCUT2D eigenvalue weighted by atomic mass is 32.1. The first-order valence-corrected chi connectivity index (χ1v) is 10.8. The third kappa shape index (κ3) is 3.75. The molecule has 5 nitrogen and oxygen atoms in total. The Balaban J connectivity index is 1.93. The summed E-state index contributed by atoms with van der Waals surface area (Å²) in [6, 6.07) is 16.2. The predicted octanol–water partition coefficient (Wildman–Crippen LogP) is 5.00. The van der Waals surface area contributed by atoms with Crippen LogP contribution in [0.3, 0.4) is 0 Å². The molecule has 1 saturated heterocycles. The number of ether oxygens (including phenoxy) is 1. The third-order valence-corrected chi connectivity index (χ3v) is 6.30.